The molecule has 0 aliphatic carbocycles. The molecule has 0 aliphatic rings. The van der Waals surface area contributed by atoms with Crippen molar-refractivity contribution in [1.82, 2.24) is 9.55 Å². The third kappa shape index (κ3) is 2.67. The average Bonchev–Trinajstić information content (AvgIpc) is 2.86. The molecule has 0 spiro atoms. The van der Waals surface area contributed by atoms with Gasteiger partial charge < -0.3 is 9.67 Å². The first-order valence-corrected chi connectivity index (χ1v) is 7.04. The Morgan fingerprint density at radius 1 is 1.10 bits per heavy atom. The summed E-state index contributed by atoms with van der Waals surface area (Å²) in [6.07, 6.45) is 0.954. The zero-order chi connectivity index (χ0) is 14.8. The van der Waals surface area contributed by atoms with Crippen molar-refractivity contribution in [3.05, 3.63) is 65.2 Å². The second kappa shape index (κ2) is 5.66. The van der Waals surface area contributed by atoms with Crippen LogP contribution >= 0.6 is 0 Å². The van der Waals surface area contributed by atoms with Gasteiger partial charge in [0.25, 0.3) is 0 Å². The highest BCUT2D eigenvalue weighted by molar-refractivity contribution is 5.77. The van der Waals surface area contributed by atoms with Gasteiger partial charge in [0, 0.05) is 6.54 Å². The number of halogens is 1. The van der Waals surface area contributed by atoms with E-state index in [0.29, 0.717) is 12.4 Å². The Labute approximate surface area is 122 Å². The van der Waals surface area contributed by atoms with E-state index in [-0.39, 0.29) is 12.4 Å². The Kier molecular flexibility index (Phi) is 3.71. The van der Waals surface area contributed by atoms with Gasteiger partial charge in [-0.05, 0) is 41.8 Å². The molecule has 3 aromatic rings. The van der Waals surface area contributed by atoms with Crippen LogP contribution in [-0.2, 0) is 19.6 Å². The van der Waals surface area contributed by atoms with E-state index in [1.165, 1.54) is 17.7 Å². The zero-order valence-electron chi connectivity index (χ0n) is 11.9. The molecule has 0 unspecified atom stereocenters. The monoisotopic (exact) mass is 284 g/mol. The second-order valence-corrected chi connectivity index (χ2v) is 5.08. The zero-order valence-corrected chi connectivity index (χ0v) is 11.9. The third-order valence-corrected chi connectivity index (χ3v) is 3.70. The second-order valence-electron chi connectivity index (χ2n) is 5.08. The van der Waals surface area contributed by atoms with Crippen LogP contribution in [-0.4, -0.2) is 14.7 Å². The molecule has 1 heterocycles. The quantitative estimate of drug-likeness (QED) is 0.798. The summed E-state index contributed by atoms with van der Waals surface area (Å²) in [5, 5.41) is 9.52. The van der Waals surface area contributed by atoms with Crippen molar-refractivity contribution < 1.29 is 9.50 Å². The van der Waals surface area contributed by atoms with Crippen LogP contribution in [0.4, 0.5) is 4.39 Å². The molecule has 2 aromatic carbocycles. The number of aliphatic hydroxyl groups excluding tert-OH is 1. The summed E-state index contributed by atoms with van der Waals surface area (Å²) in [4.78, 5) is 4.49. The number of aryl methyl sites for hydroxylation is 1. The maximum atomic E-state index is 13.0. The minimum atomic E-state index is -0.246. The predicted molar refractivity (Wildman–Crippen MR) is 80.5 cm³/mol. The van der Waals surface area contributed by atoms with Crippen molar-refractivity contribution in [3.63, 3.8) is 0 Å². The molecule has 0 saturated carbocycles. The van der Waals surface area contributed by atoms with Crippen molar-refractivity contribution >= 4 is 11.0 Å². The van der Waals surface area contributed by atoms with Crippen LogP contribution in [0.2, 0.25) is 0 Å². The van der Waals surface area contributed by atoms with E-state index < -0.39 is 0 Å². The molecular weight excluding hydrogens is 267 g/mol. The van der Waals surface area contributed by atoms with Crippen LogP contribution in [0.5, 0.6) is 0 Å². The number of hydrogen-bond acceptors (Lipinski definition) is 2. The first-order valence-electron chi connectivity index (χ1n) is 7.04. The SMILES string of the molecule is CCc1ccc2c(c1)nc(CO)n2Cc1ccc(F)cc1. The fraction of sp³-hybridized carbons (Fsp3) is 0.235. The lowest BCUT2D eigenvalue weighted by Crippen LogP contribution is -2.05. The highest BCUT2D eigenvalue weighted by Crippen LogP contribution is 2.20. The summed E-state index contributed by atoms with van der Waals surface area (Å²) >= 11 is 0. The van der Waals surface area contributed by atoms with Gasteiger partial charge in [-0.2, -0.15) is 0 Å². The number of fused-ring (bicyclic) bond motifs is 1. The minimum absolute atomic E-state index is 0.114. The lowest BCUT2D eigenvalue weighted by atomic mass is 10.1. The molecule has 0 amide bonds. The first-order chi connectivity index (χ1) is 10.2. The molecular formula is C17H17FN2O. The summed E-state index contributed by atoms with van der Waals surface area (Å²) in [5.74, 6) is 0.381. The lowest BCUT2D eigenvalue weighted by molar-refractivity contribution is 0.267. The molecule has 0 radical (unpaired) electrons. The molecule has 0 aliphatic heterocycles. The molecule has 3 rings (SSSR count). The highest BCUT2D eigenvalue weighted by atomic mass is 19.1. The van der Waals surface area contributed by atoms with Crippen LogP contribution in [0, 0.1) is 5.82 Å². The molecule has 0 bridgehead atoms. The van der Waals surface area contributed by atoms with Gasteiger partial charge in [0.2, 0.25) is 0 Å². The fourth-order valence-electron chi connectivity index (χ4n) is 2.51. The summed E-state index contributed by atoms with van der Waals surface area (Å²) in [5.41, 5.74) is 4.07. The van der Waals surface area contributed by atoms with Crippen LogP contribution in [0.15, 0.2) is 42.5 Å². The number of hydrogen-bond donors (Lipinski definition) is 1. The molecule has 1 N–H and O–H groups in total. The summed E-state index contributed by atoms with van der Waals surface area (Å²) in [6, 6.07) is 12.6. The van der Waals surface area contributed by atoms with Crippen molar-refractivity contribution in [2.45, 2.75) is 26.5 Å². The Hall–Kier alpha value is -2.20. The molecule has 108 valence electrons. The molecule has 3 nitrogen and oxygen atoms in total. The lowest BCUT2D eigenvalue weighted by Gasteiger charge is -2.08. The highest BCUT2D eigenvalue weighted by Gasteiger charge is 2.11. The van der Waals surface area contributed by atoms with Crippen molar-refractivity contribution in [2.24, 2.45) is 0 Å². The Bertz CT molecular complexity index is 762. The largest absolute Gasteiger partial charge is 0.388 e. The van der Waals surface area contributed by atoms with E-state index in [1.807, 2.05) is 10.6 Å². The van der Waals surface area contributed by atoms with Crippen molar-refractivity contribution in [3.8, 4) is 0 Å². The van der Waals surface area contributed by atoms with Crippen molar-refractivity contribution in [2.75, 3.05) is 0 Å². The first kappa shape index (κ1) is 13.8. The molecule has 4 heteroatoms. The van der Waals surface area contributed by atoms with E-state index >= 15 is 0 Å². The van der Waals surface area contributed by atoms with Gasteiger partial charge in [-0.25, -0.2) is 9.37 Å². The minimum Gasteiger partial charge on any atom is -0.388 e. The van der Waals surface area contributed by atoms with E-state index in [0.717, 1.165) is 23.0 Å². The molecule has 1 aromatic heterocycles. The van der Waals surface area contributed by atoms with E-state index in [4.69, 9.17) is 0 Å². The molecule has 0 fully saturated rings. The molecule has 0 saturated heterocycles. The van der Waals surface area contributed by atoms with Crippen LogP contribution in [0.25, 0.3) is 11.0 Å². The van der Waals surface area contributed by atoms with Crippen LogP contribution in [0.1, 0.15) is 23.9 Å². The van der Waals surface area contributed by atoms with Gasteiger partial charge in [-0.3, -0.25) is 0 Å². The Morgan fingerprint density at radius 2 is 1.81 bits per heavy atom. The van der Waals surface area contributed by atoms with Gasteiger partial charge in [0.1, 0.15) is 18.2 Å². The predicted octanol–water partition coefficient (Wildman–Crippen LogP) is 3.28. The van der Waals surface area contributed by atoms with Gasteiger partial charge in [-0.1, -0.05) is 25.1 Å². The Morgan fingerprint density at radius 3 is 2.48 bits per heavy atom. The number of imidazole rings is 1. The summed E-state index contributed by atoms with van der Waals surface area (Å²) < 4.78 is 15.0. The molecule has 21 heavy (non-hydrogen) atoms. The maximum absolute atomic E-state index is 13.0. The van der Waals surface area contributed by atoms with E-state index in [9.17, 15) is 9.50 Å². The van der Waals surface area contributed by atoms with Crippen LogP contribution in [0.3, 0.4) is 0 Å². The normalized spacial score (nSPS) is 11.2. The van der Waals surface area contributed by atoms with E-state index in [2.05, 4.69) is 24.0 Å². The van der Waals surface area contributed by atoms with Crippen LogP contribution < -0.4 is 0 Å². The Balaban J connectivity index is 2.05. The maximum Gasteiger partial charge on any atom is 0.136 e. The standard InChI is InChI=1S/C17H17FN2O/c1-2-12-5-8-16-15(9-12)19-17(11-21)20(16)10-13-3-6-14(18)7-4-13/h3-9,21H,2,10-11H2,1H3. The summed E-state index contributed by atoms with van der Waals surface area (Å²) in [6.45, 7) is 2.55. The van der Waals surface area contributed by atoms with Gasteiger partial charge >= 0.3 is 0 Å². The van der Waals surface area contributed by atoms with E-state index in [1.54, 1.807) is 12.1 Å². The number of benzene rings is 2. The number of aliphatic hydroxyl groups is 1. The molecule has 0 atom stereocenters. The number of rotatable bonds is 4. The van der Waals surface area contributed by atoms with Gasteiger partial charge in [0.05, 0.1) is 11.0 Å². The third-order valence-electron chi connectivity index (χ3n) is 3.70. The number of nitrogens with zero attached hydrogens (tertiary/aromatic N) is 2. The summed E-state index contributed by atoms with van der Waals surface area (Å²) in [7, 11) is 0. The van der Waals surface area contributed by atoms with Gasteiger partial charge in [0.15, 0.2) is 0 Å². The average molecular weight is 284 g/mol. The van der Waals surface area contributed by atoms with Gasteiger partial charge in [-0.15, -0.1) is 0 Å². The number of aromatic nitrogens is 2. The topological polar surface area (TPSA) is 38.1 Å². The smallest absolute Gasteiger partial charge is 0.136 e. The fourth-order valence-corrected chi connectivity index (χ4v) is 2.51. The van der Waals surface area contributed by atoms with Crippen molar-refractivity contribution in [1.29, 1.82) is 0 Å².